The number of benzene rings is 1. The van der Waals surface area contributed by atoms with Crippen LogP contribution in [0.1, 0.15) is 48.5 Å². The van der Waals surface area contributed by atoms with Crippen LogP contribution < -0.4 is 0 Å². The Morgan fingerprint density at radius 3 is 2.65 bits per heavy atom. The van der Waals surface area contributed by atoms with E-state index in [0.717, 1.165) is 45.3 Å². The van der Waals surface area contributed by atoms with Gasteiger partial charge in [-0.2, -0.15) is 5.10 Å². The van der Waals surface area contributed by atoms with Crippen molar-refractivity contribution in [1.82, 2.24) is 24.6 Å². The number of carbonyl (C=O) groups is 1. The molecule has 5 rings (SSSR count). The van der Waals surface area contributed by atoms with Gasteiger partial charge < -0.3 is 9.64 Å². The molecule has 34 heavy (non-hydrogen) atoms. The molecule has 0 unspecified atom stereocenters. The van der Waals surface area contributed by atoms with E-state index in [1.165, 1.54) is 5.56 Å². The zero-order chi connectivity index (χ0) is 23.4. The molecule has 0 aliphatic carbocycles. The third kappa shape index (κ3) is 4.91. The quantitative estimate of drug-likeness (QED) is 0.559. The Kier molecular flexibility index (Phi) is 6.74. The lowest BCUT2D eigenvalue weighted by atomic mass is 9.81. The monoisotopic (exact) mass is 459 g/mol. The fraction of sp³-hybridized carbons (Fsp3) is 0.444. The number of hydrogen-bond donors (Lipinski definition) is 0. The molecule has 4 heterocycles. The minimum absolute atomic E-state index is 0.0468. The Hall–Kier alpha value is -3.03. The number of hydrogen-bond acceptors (Lipinski definition) is 5. The summed E-state index contributed by atoms with van der Waals surface area (Å²) in [5.74, 6) is 0.752. The SMILES string of the molecule is CCN(C(=O)c1ccc(-n2cccn2)nc1)[C@H]1CCOC2(CCN(Cc3ccccc3)CC2)C1. The molecule has 7 heteroatoms. The highest BCUT2D eigenvalue weighted by atomic mass is 16.5. The Labute approximate surface area is 201 Å². The van der Waals surface area contributed by atoms with Crippen LogP contribution in [0.2, 0.25) is 0 Å². The van der Waals surface area contributed by atoms with Gasteiger partial charge in [0.05, 0.1) is 11.2 Å². The van der Waals surface area contributed by atoms with Gasteiger partial charge in [-0.15, -0.1) is 0 Å². The number of pyridine rings is 1. The van der Waals surface area contributed by atoms with Crippen LogP contribution in [0.15, 0.2) is 67.1 Å². The molecule has 1 atom stereocenters. The van der Waals surface area contributed by atoms with E-state index in [9.17, 15) is 4.79 Å². The molecular formula is C27H33N5O2. The van der Waals surface area contributed by atoms with E-state index in [1.807, 2.05) is 29.3 Å². The number of nitrogens with zero attached hydrogens (tertiary/aromatic N) is 5. The van der Waals surface area contributed by atoms with E-state index in [1.54, 1.807) is 17.1 Å². The van der Waals surface area contributed by atoms with Crippen LogP contribution in [0.4, 0.5) is 0 Å². The number of ether oxygens (including phenoxy) is 1. The highest BCUT2D eigenvalue weighted by Crippen LogP contribution is 2.37. The first kappa shape index (κ1) is 22.7. The van der Waals surface area contributed by atoms with E-state index < -0.39 is 0 Å². The Morgan fingerprint density at radius 1 is 1.15 bits per heavy atom. The summed E-state index contributed by atoms with van der Waals surface area (Å²) in [6.07, 6.45) is 9.05. The zero-order valence-corrected chi connectivity index (χ0v) is 19.8. The van der Waals surface area contributed by atoms with Gasteiger partial charge in [0, 0.05) is 57.4 Å². The number of carbonyl (C=O) groups excluding carboxylic acids is 1. The van der Waals surface area contributed by atoms with Gasteiger partial charge in [-0.25, -0.2) is 9.67 Å². The van der Waals surface area contributed by atoms with E-state index in [-0.39, 0.29) is 17.6 Å². The Bertz CT molecular complexity index is 1060. The fourth-order valence-electron chi connectivity index (χ4n) is 5.36. The third-order valence-corrected chi connectivity index (χ3v) is 7.26. The molecule has 1 aromatic carbocycles. The zero-order valence-electron chi connectivity index (χ0n) is 19.8. The maximum absolute atomic E-state index is 13.4. The second-order valence-corrected chi connectivity index (χ2v) is 9.39. The predicted octanol–water partition coefficient (Wildman–Crippen LogP) is 3.94. The second kappa shape index (κ2) is 10.1. The maximum atomic E-state index is 13.4. The van der Waals surface area contributed by atoms with Crippen molar-refractivity contribution in [3.63, 3.8) is 0 Å². The summed E-state index contributed by atoms with van der Waals surface area (Å²) in [5.41, 5.74) is 1.86. The van der Waals surface area contributed by atoms with Crippen molar-refractivity contribution in [2.24, 2.45) is 0 Å². The van der Waals surface area contributed by atoms with Crippen LogP contribution in [-0.4, -0.2) is 68.4 Å². The molecule has 178 valence electrons. The molecule has 2 fully saturated rings. The molecule has 1 amide bonds. The smallest absolute Gasteiger partial charge is 0.255 e. The van der Waals surface area contributed by atoms with Crippen LogP contribution in [0.5, 0.6) is 0 Å². The third-order valence-electron chi connectivity index (χ3n) is 7.26. The van der Waals surface area contributed by atoms with Crippen molar-refractivity contribution in [3.05, 3.63) is 78.2 Å². The molecule has 2 aliphatic heterocycles. The molecule has 2 aromatic heterocycles. The van der Waals surface area contributed by atoms with E-state index >= 15 is 0 Å². The summed E-state index contributed by atoms with van der Waals surface area (Å²) in [5, 5.41) is 4.20. The van der Waals surface area contributed by atoms with E-state index in [0.29, 0.717) is 24.5 Å². The Balaban J connectivity index is 1.22. The maximum Gasteiger partial charge on any atom is 0.255 e. The summed E-state index contributed by atoms with van der Waals surface area (Å²) >= 11 is 0. The van der Waals surface area contributed by atoms with E-state index in [2.05, 4.69) is 52.2 Å². The number of amides is 1. The second-order valence-electron chi connectivity index (χ2n) is 9.39. The van der Waals surface area contributed by atoms with Gasteiger partial charge in [-0.1, -0.05) is 30.3 Å². The highest BCUT2D eigenvalue weighted by Gasteiger charge is 2.42. The van der Waals surface area contributed by atoms with Gasteiger partial charge >= 0.3 is 0 Å². The van der Waals surface area contributed by atoms with Crippen LogP contribution in [-0.2, 0) is 11.3 Å². The molecule has 3 aromatic rings. The Morgan fingerprint density at radius 2 is 1.97 bits per heavy atom. The summed E-state index contributed by atoms with van der Waals surface area (Å²) in [6, 6.07) is 16.4. The topological polar surface area (TPSA) is 63.5 Å². The number of likely N-dealkylation sites (tertiary alicyclic amines) is 1. The molecule has 0 N–H and O–H groups in total. The molecule has 2 saturated heterocycles. The van der Waals surface area contributed by atoms with Crippen molar-refractivity contribution < 1.29 is 9.53 Å². The van der Waals surface area contributed by atoms with Crippen LogP contribution in [0, 0.1) is 0 Å². The molecule has 0 radical (unpaired) electrons. The first-order valence-corrected chi connectivity index (χ1v) is 12.3. The molecule has 1 spiro atoms. The van der Waals surface area contributed by atoms with Crippen LogP contribution >= 0.6 is 0 Å². The molecule has 0 bridgehead atoms. The van der Waals surface area contributed by atoms with Crippen LogP contribution in [0.25, 0.3) is 5.82 Å². The summed E-state index contributed by atoms with van der Waals surface area (Å²) in [7, 11) is 0. The predicted molar refractivity (Wildman–Crippen MR) is 131 cm³/mol. The summed E-state index contributed by atoms with van der Waals surface area (Å²) in [6.45, 7) is 6.50. The highest BCUT2D eigenvalue weighted by molar-refractivity contribution is 5.94. The lowest BCUT2D eigenvalue weighted by Gasteiger charge is -2.48. The standard InChI is InChI=1S/C27H33N5O2/c1-2-31(26(33)23-9-10-25(28-20-23)32-15-6-14-29-32)24-11-18-34-27(19-24)12-16-30(17-13-27)21-22-7-4-3-5-8-22/h3-10,14-15,20,24H,2,11-13,16-19,21H2,1H3/t24-/m0/s1. The summed E-state index contributed by atoms with van der Waals surface area (Å²) in [4.78, 5) is 22.4. The fourth-order valence-corrected chi connectivity index (χ4v) is 5.36. The minimum Gasteiger partial charge on any atom is -0.375 e. The normalized spacial score (nSPS) is 20.3. The lowest BCUT2D eigenvalue weighted by molar-refractivity contribution is -0.129. The van der Waals surface area contributed by atoms with Crippen LogP contribution in [0.3, 0.4) is 0 Å². The van der Waals surface area contributed by atoms with Crippen molar-refractivity contribution in [1.29, 1.82) is 0 Å². The lowest BCUT2D eigenvalue weighted by Crippen LogP contribution is -2.54. The minimum atomic E-state index is -0.119. The van der Waals surface area contributed by atoms with Gasteiger partial charge in [0.15, 0.2) is 5.82 Å². The van der Waals surface area contributed by atoms with Crippen molar-refractivity contribution in [2.75, 3.05) is 26.2 Å². The number of rotatable bonds is 6. The molecule has 2 aliphatic rings. The van der Waals surface area contributed by atoms with Crippen molar-refractivity contribution in [2.45, 2.75) is 50.8 Å². The van der Waals surface area contributed by atoms with Gasteiger partial charge in [-0.3, -0.25) is 9.69 Å². The molecule has 0 saturated carbocycles. The van der Waals surface area contributed by atoms with Gasteiger partial charge in [0.1, 0.15) is 0 Å². The van der Waals surface area contributed by atoms with Crippen molar-refractivity contribution in [3.8, 4) is 5.82 Å². The average molecular weight is 460 g/mol. The van der Waals surface area contributed by atoms with E-state index in [4.69, 9.17) is 4.74 Å². The molecule has 7 nitrogen and oxygen atoms in total. The van der Waals surface area contributed by atoms with Gasteiger partial charge in [0.25, 0.3) is 5.91 Å². The first-order chi connectivity index (χ1) is 16.7. The largest absolute Gasteiger partial charge is 0.375 e. The average Bonchev–Trinajstić information content (AvgIpc) is 3.42. The molecular weight excluding hydrogens is 426 g/mol. The van der Waals surface area contributed by atoms with Gasteiger partial charge in [0.2, 0.25) is 0 Å². The number of aromatic nitrogens is 3. The van der Waals surface area contributed by atoms with Gasteiger partial charge in [-0.05, 0) is 56.4 Å². The van der Waals surface area contributed by atoms with Crippen molar-refractivity contribution >= 4 is 5.91 Å². The first-order valence-electron chi connectivity index (χ1n) is 12.3. The summed E-state index contributed by atoms with van der Waals surface area (Å²) < 4.78 is 8.08. The number of piperidine rings is 1.